The molecule has 1 aromatic carbocycles. The third-order valence-electron chi connectivity index (χ3n) is 3.78. The Morgan fingerprint density at radius 3 is 2.64 bits per heavy atom. The molecule has 2 rings (SSSR count). The number of hydrogen-bond acceptors (Lipinski definition) is 4. The average Bonchev–Trinajstić information content (AvgIpc) is 2.47. The number of rotatable bonds is 3. The third kappa shape index (κ3) is 4.08. The Kier molecular flexibility index (Phi) is 4.92. The maximum Gasteiger partial charge on any atom is 0.264 e. The van der Waals surface area contributed by atoms with Crippen LogP contribution in [0.3, 0.4) is 0 Å². The Bertz CT molecular complexity index is 640. The van der Waals surface area contributed by atoms with Gasteiger partial charge in [-0.15, -0.1) is 0 Å². The van der Waals surface area contributed by atoms with Gasteiger partial charge in [0.25, 0.3) is 5.91 Å². The molecule has 0 aromatic heterocycles. The predicted molar refractivity (Wildman–Crippen MR) is 85.4 cm³/mol. The van der Waals surface area contributed by atoms with E-state index in [9.17, 15) is 13.2 Å². The minimum absolute atomic E-state index is 0.105. The van der Waals surface area contributed by atoms with E-state index in [1.165, 1.54) is 0 Å². The Hall–Kier alpha value is -1.40. The largest absolute Gasteiger partial charge is 0.380 e. The van der Waals surface area contributed by atoms with E-state index in [1.807, 2.05) is 26.8 Å². The second kappa shape index (κ2) is 6.38. The number of benzene rings is 1. The number of carbonyl (C=O) groups excluding carboxylic acids is 1. The number of sulfonamides is 1. The highest BCUT2D eigenvalue weighted by atomic mass is 32.2. The summed E-state index contributed by atoms with van der Waals surface area (Å²) in [4.78, 5) is 12.3. The number of nitrogens with one attached hydrogen (secondary N) is 1. The highest BCUT2D eigenvalue weighted by molar-refractivity contribution is 7.90. The summed E-state index contributed by atoms with van der Waals surface area (Å²) in [6.07, 6.45) is 1.21. The first-order valence-electron chi connectivity index (χ1n) is 7.44. The minimum atomic E-state index is -3.70. The summed E-state index contributed by atoms with van der Waals surface area (Å²) in [6, 6.07) is 7.06. The van der Waals surface area contributed by atoms with Crippen LogP contribution < -0.4 is 4.72 Å². The molecule has 1 aliphatic heterocycles. The lowest BCUT2D eigenvalue weighted by molar-refractivity contribution is 0.0953. The Morgan fingerprint density at radius 2 is 2.05 bits per heavy atom. The molecule has 0 radical (unpaired) electrons. The lowest BCUT2D eigenvalue weighted by Gasteiger charge is -2.22. The van der Waals surface area contributed by atoms with E-state index in [2.05, 4.69) is 4.72 Å². The van der Waals surface area contributed by atoms with Crippen LogP contribution in [0.1, 0.15) is 49.5 Å². The molecule has 1 atom stereocenters. The van der Waals surface area contributed by atoms with Crippen molar-refractivity contribution in [2.45, 2.75) is 44.3 Å². The molecule has 22 heavy (non-hydrogen) atoms. The molecule has 0 bridgehead atoms. The maximum absolute atomic E-state index is 12.3. The molecular weight excluding hydrogens is 302 g/mol. The Morgan fingerprint density at radius 1 is 1.32 bits per heavy atom. The zero-order valence-electron chi connectivity index (χ0n) is 13.3. The number of amides is 1. The van der Waals surface area contributed by atoms with Gasteiger partial charge in [-0.25, -0.2) is 13.1 Å². The monoisotopic (exact) mass is 325 g/mol. The second-order valence-corrected chi connectivity index (χ2v) is 8.61. The van der Waals surface area contributed by atoms with E-state index >= 15 is 0 Å². The first-order valence-corrected chi connectivity index (χ1v) is 8.99. The van der Waals surface area contributed by atoms with Crippen molar-refractivity contribution in [2.24, 2.45) is 0 Å². The van der Waals surface area contributed by atoms with Crippen molar-refractivity contribution in [2.75, 3.05) is 13.2 Å². The first kappa shape index (κ1) is 17.0. The van der Waals surface area contributed by atoms with Gasteiger partial charge in [0.1, 0.15) is 5.25 Å². The number of carbonyl (C=O) groups is 1. The van der Waals surface area contributed by atoms with Gasteiger partial charge in [-0.3, -0.25) is 4.79 Å². The summed E-state index contributed by atoms with van der Waals surface area (Å²) in [5, 5.41) is -0.656. The summed E-state index contributed by atoms with van der Waals surface area (Å²) >= 11 is 0. The van der Waals surface area contributed by atoms with Crippen LogP contribution in [0.4, 0.5) is 0 Å². The van der Waals surface area contributed by atoms with Crippen molar-refractivity contribution in [3.05, 3.63) is 35.4 Å². The van der Waals surface area contributed by atoms with Crippen molar-refractivity contribution in [1.82, 2.24) is 4.72 Å². The minimum Gasteiger partial charge on any atom is -0.380 e. The molecule has 1 N–H and O–H groups in total. The quantitative estimate of drug-likeness (QED) is 0.925. The molecule has 6 heteroatoms. The Balaban J connectivity index is 2.15. The molecule has 1 heterocycles. The standard InChI is InChI=1S/C16H23NO4S/c1-16(2,3)13-7-4-6-12(10-13)15(18)17-22(19,20)14-8-5-9-21-11-14/h4,6-7,10,14H,5,8-9,11H2,1-3H3,(H,17,18). The van der Waals surface area contributed by atoms with Crippen LogP contribution in [-0.2, 0) is 20.2 Å². The van der Waals surface area contributed by atoms with Gasteiger partial charge in [0.15, 0.2) is 0 Å². The molecule has 5 nitrogen and oxygen atoms in total. The van der Waals surface area contributed by atoms with Gasteiger partial charge in [0.2, 0.25) is 10.0 Å². The van der Waals surface area contributed by atoms with Crippen LogP contribution in [0.15, 0.2) is 24.3 Å². The maximum atomic E-state index is 12.3. The lowest BCUT2D eigenvalue weighted by atomic mass is 9.86. The normalized spacial score (nSPS) is 19.7. The van der Waals surface area contributed by atoms with Gasteiger partial charge in [0.05, 0.1) is 6.61 Å². The number of hydrogen-bond donors (Lipinski definition) is 1. The molecule has 0 saturated carbocycles. The first-order chi connectivity index (χ1) is 10.2. The Labute approximate surface area is 132 Å². The molecule has 0 aliphatic carbocycles. The van der Waals surface area contributed by atoms with Gasteiger partial charge >= 0.3 is 0 Å². The summed E-state index contributed by atoms with van der Waals surface area (Å²) in [5.74, 6) is -0.586. The van der Waals surface area contributed by atoms with E-state index in [-0.39, 0.29) is 12.0 Å². The van der Waals surface area contributed by atoms with Crippen molar-refractivity contribution in [1.29, 1.82) is 0 Å². The highest BCUT2D eigenvalue weighted by Crippen LogP contribution is 2.23. The zero-order chi connectivity index (χ0) is 16.4. The molecule has 0 spiro atoms. The van der Waals surface area contributed by atoms with Crippen molar-refractivity contribution < 1.29 is 17.9 Å². The summed E-state index contributed by atoms with van der Waals surface area (Å²) in [6.45, 7) is 6.85. The summed E-state index contributed by atoms with van der Waals surface area (Å²) in [5.41, 5.74) is 1.23. The van der Waals surface area contributed by atoms with Crippen LogP contribution in [0.25, 0.3) is 0 Å². The van der Waals surface area contributed by atoms with Crippen LogP contribution in [-0.4, -0.2) is 32.8 Å². The van der Waals surface area contributed by atoms with Gasteiger partial charge < -0.3 is 4.74 Å². The molecule has 1 fully saturated rings. The van der Waals surface area contributed by atoms with Crippen molar-refractivity contribution >= 4 is 15.9 Å². The molecule has 122 valence electrons. The lowest BCUT2D eigenvalue weighted by Crippen LogP contribution is -2.42. The average molecular weight is 325 g/mol. The summed E-state index contributed by atoms with van der Waals surface area (Å²) < 4.78 is 31.8. The van der Waals surface area contributed by atoms with Crippen LogP contribution in [0.2, 0.25) is 0 Å². The van der Waals surface area contributed by atoms with Gasteiger partial charge in [-0.05, 0) is 36.0 Å². The van der Waals surface area contributed by atoms with Gasteiger partial charge in [-0.2, -0.15) is 0 Å². The summed E-state index contributed by atoms with van der Waals surface area (Å²) in [7, 11) is -3.70. The van der Waals surface area contributed by atoms with E-state index < -0.39 is 21.2 Å². The van der Waals surface area contributed by atoms with E-state index in [4.69, 9.17) is 4.74 Å². The molecule has 1 unspecified atom stereocenters. The molecule has 1 aliphatic rings. The number of ether oxygens (including phenoxy) is 1. The van der Waals surface area contributed by atoms with E-state index in [0.717, 1.165) is 5.56 Å². The van der Waals surface area contributed by atoms with Crippen LogP contribution in [0, 0.1) is 0 Å². The molecular formula is C16H23NO4S. The van der Waals surface area contributed by atoms with E-state index in [1.54, 1.807) is 18.2 Å². The molecule has 1 amide bonds. The SMILES string of the molecule is CC(C)(C)c1cccc(C(=O)NS(=O)(=O)C2CCCOC2)c1. The topological polar surface area (TPSA) is 72.5 Å². The molecule has 1 saturated heterocycles. The highest BCUT2D eigenvalue weighted by Gasteiger charge is 2.30. The van der Waals surface area contributed by atoms with Crippen molar-refractivity contribution in [3.8, 4) is 0 Å². The fourth-order valence-corrected chi connectivity index (χ4v) is 3.65. The molecule has 1 aromatic rings. The van der Waals surface area contributed by atoms with Crippen LogP contribution in [0.5, 0.6) is 0 Å². The smallest absolute Gasteiger partial charge is 0.264 e. The fraction of sp³-hybridized carbons (Fsp3) is 0.562. The van der Waals surface area contributed by atoms with Gasteiger partial charge in [-0.1, -0.05) is 32.9 Å². The van der Waals surface area contributed by atoms with Crippen LogP contribution >= 0.6 is 0 Å². The second-order valence-electron chi connectivity index (χ2n) is 6.65. The third-order valence-corrected chi connectivity index (χ3v) is 5.50. The van der Waals surface area contributed by atoms with E-state index in [0.29, 0.717) is 25.0 Å². The fourth-order valence-electron chi connectivity index (χ4n) is 2.35. The predicted octanol–water partition coefficient (Wildman–Crippen LogP) is 2.22. The van der Waals surface area contributed by atoms with Crippen molar-refractivity contribution in [3.63, 3.8) is 0 Å². The zero-order valence-corrected chi connectivity index (χ0v) is 14.1. The van der Waals surface area contributed by atoms with Gasteiger partial charge in [0, 0.05) is 12.2 Å².